The minimum Gasteiger partial charge on any atom is -0.497 e. The lowest BCUT2D eigenvalue weighted by molar-refractivity contribution is -0.122. The summed E-state index contributed by atoms with van der Waals surface area (Å²) in [5.74, 6) is 0.221. The highest BCUT2D eigenvalue weighted by Gasteiger charge is 2.32. The number of para-hydroxylation sites is 1. The van der Waals surface area contributed by atoms with Crippen LogP contribution < -0.4 is 15.4 Å². The second kappa shape index (κ2) is 8.26. The molecule has 3 rings (SSSR count). The Morgan fingerprint density at radius 2 is 1.93 bits per heavy atom. The molecule has 27 heavy (non-hydrogen) atoms. The predicted octanol–water partition coefficient (Wildman–Crippen LogP) is 3.56. The number of amides is 2. The third-order valence-electron chi connectivity index (χ3n) is 4.15. The van der Waals surface area contributed by atoms with Gasteiger partial charge in [0.1, 0.15) is 11.0 Å². The van der Waals surface area contributed by atoms with Gasteiger partial charge in [0.25, 0.3) is 0 Å². The molecule has 0 radical (unpaired) electrons. The van der Waals surface area contributed by atoms with Crippen LogP contribution in [0.5, 0.6) is 5.75 Å². The van der Waals surface area contributed by atoms with Gasteiger partial charge in [0.05, 0.1) is 12.8 Å². The predicted molar refractivity (Wildman–Crippen MR) is 109 cm³/mol. The first-order chi connectivity index (χ1) is 13.0. The van der Waals surface area contributed by atoms with Crippen LogP contribution in [0.25, 0.3) is 0 Å². The Kier molecular flexibility index (Phi) is 5.81. The third-order valence-corrected chi connectivity index (χ3v) is 5.24. The van der Waals surface area contributed by atoms with Gasteiger partial charge >= 0.3 is 0 Å². The summed E-state index contributed by atoms with van der Waals surface area (Å²) < 4.78 is 5.14. The lowest BCUT2D eigenvalue weighted by Crippen LogP contribution is -2.28. The molecule has 2 N–H and O–H groups in total. The van der Waals surface area contributed by atoms with Crippen molar-refractivity contribution in [1.29, 1.82) is 0 Å². The largest absolute Gasteiger partial charge is 0.497 e. The van der Waals surface area contributed by atoms with Crippen molar-refractivity contribution >= 4 is 40.1 Å². The van der Waals surface area contributed by atoms with Crippen molar-refractivity contribution < 1.29 is 14.3 Å². The van der Waals surface area contributed by atoms with Gasteiger partial charge in [-0.1, -0.05) is 36.0 Å². The van der Waals surface area contributed by atoms with Gasteiger partial charge in [0.2, 0.25) is 11.8 Å². The lowest BCUT2D eigenvalue weighted by Gasteiger charge is -2.08. The van der Waals surface area contributed by atoms with Crippen LogP contribution in [0, 0.1) is 13.8 Å². The molecule has 1 saturated heterocycles. The van der Waals surface area contributed by atoms with Gasteiger partial charge < -0.3 is 15.4 Å². The summed E-state index contributed by atoms with van der Waals surface area (Å²) in [7, 11) is 1.57. The number of carbonyl (C=O) groups excluding carboxylic acids is 2. The van der Waals surface area contributed by atoms with E-state index in [4.69, 9.17) is 4.74 Å². The molecule has 0 unspecified atom stereocenters. The van der Waals surface area contributed by atoms with Crippen molar-refractivity contribution in [2.24, 2.45) is 4.99 Å². The molecule has 0 aromatic heterocycles. The Labute approximate surface area is 162 Å². The maximum Gasteiger partial charge on any atom is 0.240 e. The van der Waals surface area contributed by atoms with Crippen LogP contribution in [0.1, 0.15) is 17.5 Å². The summed E-state index contributed by atoms with van der Waals surface area (Å²) in [5.41, 5.74) is 3.56. The molecule has 2 aromatic carbocycles. The number of benzene rings is 2. The zero-order valence-corrected chi connectivity index (χ0v) is 16.2. The molecule has 2 aromatic rings. The van der Waals surface area contributed by atoms with Crippen LogP contribution in [0.3, 0.4) is 0 Å². The minimum atomic E-state index is -0.501. The van der Waals surface area contributed by atoms with Crippen LogP contribution in [0.2, 0.25) is 0 Å². The molecule has 0 saturated carbocycles. The van der Waals surface area contributed by atoms with Crippen LogP contribution >= 0.6 is 11.8 Å². The average Bonchev–Trinajstić information content (AvgIpc) is 2.97. The summed E-state index contributed by atoms with van der Waals surface area (Å²) in [5, 5.41) is 5.59. The molecule has 1 heterocycles. The molecule has 1 fully saturated rings. The maximum absolute atomic E-state index is 12.3. The molecular weight excluding hydrogens is 362 g/mol. The van der Waals surface area contributed by atoms with Gasteiger partial charge in [0.15, 0.2) is 5.17 Å². The second-order valence-electron chi connectivity index (χ2n) is 6.24. The van der Waals surface area contributed by atoms with E-state index in [1.165, 1.54) is 11.8 Å². The Morgan fingerprint density at radius 3 is 2.63 bits per heavy atom. The SMILES string of the molecule is COc1cccc(NC(=O)C[C@@H]2SC(=Nc3c(C)cccc3C)NC2=O)c1. The van der Waals surface area contributed by atoms with Gasteiger partial charge in [-0.2, -0.15) is 0 Å². The van der Waals surface area contributed by atoms with Gasteiger partial charge in [-0.15, -0.1) is 0 Å². The first-order valence-corrected chi connectivity index (χ1v) is 9.40. The molecule has 0 bridgehead atoms. The third kappa shape index (κ3) is 4.68. The Bertz CT molecular complexity index is 891. The first kappa shape index (κ1) is 19.0. The molecular formula is C20H21N3O3S. The molecule has 1 aliphatic heterocycles. The number of aliphatic imine (C=N–C) groups is 1. The number of hydrogen-bond donors (Lipinski definition) is 2. The molecule has 7 heteroatoms. The fourth-order valence-electron chi connectivity index (χ4n) is 2.76. The topological polar surface area (TPSA) is 79.8 Å². The number of anilines is 1. The summed E-state index contributed by atoms with van der Waals surface area (Å²) in [6, 6.07) is 13.0. The molecule has 0 aliphatic carbocycles. The van der Waals surface area contributed by atoms with Crippen molar-refractivity contribution in [1.82, 2.24) is 5.32 Å². The highest BCUT2D eigenvalue weighted by Crippen LogP contribution is 2.29. The minimum absolute atomic E-state index is 0.0689. The highest BCUT2D eigenvalue weighted by atomic mass is 32.2. The van der Waals surface area contributed by atoms with Gasteiger partial charge in [-0.3, -0.25) is 9.59 Å². The molecule has 6 nitrogen and oxygen atoms in total. The molecule has 0 spiro atoms. The smallest absolute Gasteiger partial charge is 0.240 e. The summed E-state index contributed by atoms with van der Waals surface area (Å²) in [6.45, 7) is 3.96. The van der Waals surface area contributed by atoms with E-state index in [1.807, 2.05) is 32.0 Å². The second-order valence-corrected chi connectivity index (χ2v) is 7.43. The van der Waals surface area contributed by atoms with E-state index in [0.717, 1.165) is 16.8 Å². The summed E-state index contributed by atoms with van der Waals surface area (Å²) in [4.78, 5) is 29.1. The molecule has 2 amide bonds. The Balaban J connectivity index is 1.65. The standard InChI is InChI=1S/C20H21N3O3S/c1-12-6-4-7-13(2)18(12)22-20-23-19(25)16(27-20)11-17(24)21-14-8-5-9-15(10-14)26-3/h4-10,16H,11H2,1-3H3,(H,21,24)(H,22,23,25)/t16-/m0/s1. The van der Waals surface area contributed by atoms with E-state index in [9.17, 15) is 9.59 Å². The zero-order chi connectivity index (χ0) is 19.4. The average molecular weight is 383 g/mol. The van der Waals surface area contributed by atoms with E-state index >= 15 is 0 Å². The summed E-state index contributed by atoms with van der Waals surface area (Å²) >= 11 is 1.28. The first-order valence-electron chi connectivity index (χ1n) is 8.52. The number of methoxy groups -OCH3 is 1. The zero-order valence-electron chi connectivity index (χ0n) is 15.4. The van der Waals surface area contributed by atoms with E-state index in [0.29, 0.717) is 16.6 Å². The number of thioether (sulfide) groups is 1. The molecule has 1 aliphatic rings. The van der Waals surface area contributed by atoms with Crippen LogP contribution in [-0.4, -0.2) is 29.3 Å². The number of hydrogen-bond acceptors (Lipinski definition) is 5. The van der Waals surface area contributed by atoms with Crippen molar-refractivity contribution in [3.8, 4) is 5.75 Å². The quantitative estimate of drug-likeness (QED) is 0.827. The summed E-state index contributed by atoms with van der Waals surface area (Å²) in [6.07, 6.45) is 0.0689. The number of aryl methyl sites for hydroxylation is 2. The van der Waals surface area contributed by atoms with Crippen LogP contribution in [0.15, 0.2) is 47.5 Å². The monoisotopic (exact) mass is 383 g/mol. The maximum atomic E-state index is 12.3. The fraction of sp³-hybridized carbons (Fsp3) is 0.250. The van der Waals surface area contributed by atoms with E-state index < -0.39 is 5.25 Å². The van der Waals surface area contributed by atoms with Crippen LogP contribution in [-0.2, 0) is 9.59 Å². The normalized spacial score (nSPS) is 17.7. The van der Waals surface area contributed by atoms with Gasteiger partial charge in [0, 0.05) is 18.2 Å². The van der Waals surface area contributed by atoms with Gasteiger partial charge in [-0.25, -0.2) is 4.99 Å². The van der Waals surface area contributed by atoms with Crippen molar-refractivity contribution in [3.63, 3.8) is 0 Å². The van der Waals surface area contributed by atoms with Gasteiger partial charge in [-0.05, 0) is 37.1 Å². The van der Waals surface area contributed by atoms with Crippen molar-refractivity contribution in [3.05, 3.63) is 53.6 Å². The number of amidine groups is 1. The lowest BCUT2D eigenvalue weighted by atomic mass is 10.1. The number of nitrogens with one attached hydrogen (secondary N) is 2. The van der Waals surface area contributed by atoms with Crippen LogP contribution in [0.4, 0.5) is 11.4 Å². The van der Waals surface area contributed by atoms with E-state index in [2.05, 4.69) is 15.6 Å². The number of rotatable bonds is 5. The molecule has 140 valence electrons. The number of nitrogens with zero attached hydrogens (tertiary/aromatic N) is 1. The molecule has 1 atom stereocenters. The van der Waals surface area contributed by atoms with Crippen molar-refractivity contribution in [2.75, 3.05) is 12.4 Å². The number of ether oxygens (including phenoxy) is 1. The van der Waals surface area contributed by atoms with E-state index in [1.54, 1.807) is 31.4 Å². The fourth-order valence-corrected chi connectivity index (χ4v) is 3.73. The van der Waals surface area contributed by atoms with E-state index in [-0.39, 0.29) is 18.2 Å². The number of carbonyl (C=O) groups is 2. The van der Waals surface area contributed by atoms with Crippen molar-refractivity contribution in [2.45, 2.75) is 25.5 Å². The Hall–Kier alpha value is -2.80. The Morgan fingerprint density at radius 1 is 1.22 bits per heavy atom. The highest BCUT2D eigenvalue weighted by molar-refractivity contribution is 8.15.